The van der Waals surface area contributed by atoms with Gasteiger partial charge in [0.15, 0.2) is 9.84 Å². The van der Waals surface area contributed by atoms with Gasteiger partial charge < -0.3 is 4.74 Å². The van der Waals surface area contributed by atoms with Crippen LogP contribution in [0.15, 0.2) is 0 Å². The third-order valence-electron chi connectivity index (χ3n) is 2.38. The Morgan fingerprint density at radius 2 is 2.07 bits per heavy atom. The van der Waals surface area contributed by atoms with Crippen LogP contribution >= 0.6 is 0 Å². The summed E-state index contributed by atoms with van der Waals surface area (Å²) in [6.45, 7) is 2.67. The van der Waals surface area contributed by atoms with E-state index in [1.807, 2.05) is 6.07 Å². The predicted molar refractivity (Wildman–Crippen MR) is 52.4 cm³/mol. The van der Waals surface area contributed by atoms with Gasteiger partial charge in [-0.05, 0) is 19.8 Å². The Balaban J connectivity index is 2.60. The molecule has 1 fully saturated rings. The Hall–Kier alpha value is -0.600. The van der Waals surface area contributed by atoms with E-state index in [1.54, 1.807) is 6.92 Å². The molecule has 0 radical (unpaired) electrons. The topological polar surface area (TPSA) is 67.2 Å². The van der Waals surface area contributed by atoms with Crippen LogP contribution in [-0.4, -0.2) is 32.6 Å². The summed E-state index contributed by atoms with van der Waals surface area (Å²) >= 11 is 0. The van der Waals surface area contributed by atoms with Crippen LogP contribution < -0.4 is 0 Å². The molecule has 1 heterocycles. The Labute approximate surface area is 84.8 Å². The summed E-state index contributed by atoms with van der Waals surface area (Å²) in [5, 5.41) is 8.26. The van der Waals surface area contributed by atoms with Crippen LogP contribution in [0, 0.1) is 17.2 Å². The van der Waals surface area contributed by atoms with Crippen LogP contribution in [0.4, 0.5) is 0 Å². The summed E-state index contributed by atoms with van der Waals surface area (Å²) in [7, 11) is -3.10. The molecule has 1 atom stereocenters. The number of hydrogen-bond donors (Lipinski definition) is 0. The molecule has 5 heteroatoms. The fourth-order valence-electron chi connectivity index (χ4n) is 1.56. The van der Waals surface area contributed by atoms with Gasteiger partial charge in [-0.1, -0.05) is 0 Å². The zero-order valence-corrected chi connectivity index (χ0v) is 9.09. The van der Waals surface area contributed by atoms with E-state index in [-0.39, 0.29) is 11.0 Å². The molecule has 0 aromatic heterocycles. The molecular formula is C9H15NO3S. The van der Waals surface area contributed by atoms with Crippen LogP contribution in [0.2, 0.25) is 0 Å². The highest BCUT2D eigenvalue weighted by Gasteiger charge is 2.28. The molecule has 1 unspecified atom stereocenters. The van der Waals surface area contributed by atoms with Gasteiger partial charge in [-0.2, -0.15) is 5.26 Å². The lowest BCUT2D eigenvalue weighted by Gasteiger charge is -2.22. The lowest BCUT2D eigenvalue weighted by molar-refractivity contribution is 0.0983. The second-order valence-corrected chi connectivity index (χ2v) is 6.00. The summed E-state index contributed by atoms with van der Waals surface area (Å²) < 4.78 is 28.6. The molecule has 1 saturated heterocycles. The van der Waals surface area contributed by atoms with Crippen molar-refractivity contribution >= 4 is 9.84 Å². The molecule has 0 saturated carbocycles. The molecule has 14 heavy (non-hydrogen) atoms. The normalized spacial score (nSPS) is 21.4. The number of rotatable bonds is 3. The van der Waals surface area contributed by atoms with Crippen molar-refractivity contribution in [3.8, 4) is 6.07 Å². The Morgan fingerprint density at radius 3 is 2.57 bits per heavy atom. The molecule has 0 aliphatic carbocycles. The maximum Gasteiger partial charge on any atom is 0.154 e. The molecule has 0 aromatic carbocycles. The second kappa shape index (κ2) is 4.76. The molecule has 1 aliphatic rings. The van der Waals surface area contributed by atoms with Crippen molar-refractivity contribution < 1.29 is 13.2 Å². The summed E-state index contributed by atoms with van der Waals surface area (Å²) in [6, 6.07) is 1.95. The first-order valence-electron chi connectivity index (χ1n) is 4.75. The van der Waals surface area contributed by atoms with Crippen LogP contribution in [0.1, 0.15) is 19.8 Å². The van der Waals surface area contributed by atoms with Crippen LogP contribution in [0.5, 0.6) is 0 Å². The van der Waals surface area contributed by atoms with Crippen molar-refractivity contribution in [1.29, 1.82) is 5.26 Å². The van der Waals surface area contributed by atoms with E-state index in [2.05, 4.69) is 0 Å². The number of hydrogen-bond acceptors (Lipinski definition) is 4. The smallest absolute Gasteiger partial charge is 0.154 e. The number of nitriles is 1. The molecule has 0 N–H and O–H groups in total. The van der Waals surface area contributed by atoms with Crippen molar-refractivity contribution in [1.82, 2.24) is 0 Å². The van der Waals surface area contributed by atoms with Gasteiger partial charge in [0.05, 0.1) is 23.0 Å². The minimum atomic E-state index is -3.10. The molecule has 0 amide bonds. The van der Waals surface area contributed by atoms with Gasteiger partial charge in [0.1, 0.15) is 0 Å². The monoisotopic (exact) mass is 217 g/mol. The summed E-state index contributed by atoms with van der Waals surface area (Å²) in [5.74, 6) is -0.434. The van der Waals surface area contributed by atoms with E-state index in [4.69, 9.17) is 10.00 Å². The standard InChI is InChI=1S/C9H15NO3S/c1-8(6-10)7-14(11,12)9-2-4-13-5-3-9/h8-9H,2-5,7H2,1H3. The zero-order chi connectivity index (χ0) is 10.6. The maximum absolute atomic E-state index is 11.7. The zero-order valence-electron chi connectivity index (χ0n) is 8.27. The SMILES string of the molecule is CC(C#N)CS(=O)(=O)C1CCOCC1. The highest BCUT2D eigenvalue weighted by molar-refractivity contribution is 7.92. The maximum atomic E-state index is 11.7. The van der Waals surface area contributed by atoms with E-state index in [0.29, 0.717) is 26.1 Å². The van der Waals surface area contributed by atoms with Crippen molar-refractivity contribution in [2.75, 3.05) is 19.0 Å². The minimum absolute atomic E-state index is 0.0197. The van der Waals surface area contributed by atoms with Gasteiger partial charge in [-0.3, -0.25) is 0 Å². The van der Waals surface area contributed by atoms with E-state index in [1.165, 1.54) is 0 Å². The van der Waals surface area contributed by atoms with E-state index in [0.717, 1.165) is 0 Å². The highest BCUT2D eigenvalue weighted by atomic mass is 32.2. The van der Waals surface area contributed by atoms with Crippen molar-refractivity contribution in [2.45, 2.75) is 25.0 Å². The van der Waals surface area contributed by atoms with Crippen molar-refractivity contribution in [3.63, 3.8) is 0 Å². The van der Waals surface area contributed by atoms with Crippen LogP contribution in [0.3, 0.4) is 0 Å². The first-order valence-corrected chi connectivity index (χ1v) is 6.46. The highest BCUT2D eigenvalue weighted by Crippen LogP contribution is 2.18. The summed E-state index contributed by atoms with van der Waals surface area (Å²) in [5.41, 5.74) is 0. The quantitative estimate of drug-likeness (QED) is 0.699. The largest absolute Gasteiger partial charge is 0.381 e. The van der Waals surface area contributed by atoms with E-state index >= 15 is 0 Å². The minimum Gasteiger partial charge on any atom is -0.381 e. The van der Waals surface area contributed by atoms with Gasteiger partial charge in [0, 0.05) is 13.2 Å². The summed E-state index contributed by atoms with van der Waals surface area (Å²) in [4.78, 5) is 0. The van der Waals surface area contributed by atoms with Crippen molar-refractivity contribution in [2.24, 2.45) is 5.92 Å². The summed E-state index contributed by atoms with van der Waals surface area (Å²) in [6.07, 6.45) is 1.14. The van der Waals surface area contributed by atoms with Gasteiger partial charge in [0.2, 0.25) is 0 Å². The lowest BCUT2D eigenvalue weighted by Crippen LogP contribution is -2.32. The number of sulfone groups is 1. The molecule has 1 rings (SSSR count). The van der Waals surface area contributed by atoms with Crippen LogP contribution in [-0.2, 0) is 14.6 Å². The number of ether oxygens (including phenoxy) is 1. The first kappa shape index (κ1) is 11.5. The fraction of sp³-hybridized carbons (Fsp3) is 0.889. The first-order chi connectivity index (χ1) is 6.56. The average molecular weight is 217 g/mol. The third-order valence-corrected chi connectivity index (χ3v) is 4.83. The van der Waals surface area contributed by atoms with Gasteiger partial charge in [-0.15, -0.1) is 0 Å². The number of nitrogens with zero attached hydrogens (tertiary/aromatic N) is 1. The average Bonchev–Trinajstić information content (AvgIpc) is 2.18. The second-order valence-electron chi connectivity index (χ2n) is 3.67. The van der Waals surface area contributed by atoms with E-state index < -0.39 is 15.8 Å². The molecule has 0 spiro atoms. The molecule has 4 nitrogen and oxygen atoms in total. The molecule has 80 valence electrons. The van der Waals surface area contributed by atoms with E-state index in [9.17, 15) is 8.42 Å². The van der Waals surface area contributed by atoms with Gasteiger partial charge in [-0.25, -0.2) is 8.42 Å². The third kappa shape index (κ3) is 2.96. The lowest BCUT2D eigenvalue weighted by atomic mass is 10.2. The molecule has 1 aliphatic heterocycles. The fourth-order valence-corrected chi connectivity index (χ4v) is 3.51. The van der Waals surface area contributed by atoms with Crippen molar-refractivity contribution in [3.05, 3.63) is 0 Å². The Kier molecular flexibility index (Phi) is 3.90. The van der Waals surface area contributed by atoms with Gasteiger partial charge in [0.25, 0.3) is 0 Å². The van der Waals surface area contributed by atoms with Gasteiger partial charge >= 0.3 is 0 Å². The van der Waals surface area contributed by atoms with Crippen LogP contribution in [0.25, 0.3) is 0 Å². The molecule has 0 aromatic rings. The molecular weight excluding hydrogens is 202 g/mol. The predicted octanol–water partition coefficient (Wildman–Crippen LogP) is 0.740. The Bertz CT molecular complexity index is 311. The Morgan fingerprint density at radius 1 is 1.50 bits per heavy atom. The molecule has 0 bridgehead atoms.